The lowest BCUT2D eigenvalue weighted by atomic mass is 10.1. The van der Waals surface area contributed by atoms with E-state index in [1.54, 1.807) is 11.0 Å². The van der Waals surface area contributed by atoms with E-state index in [1.807, 2.05) is 18.2 Å². The van der Waals surface area contributed by atoms with Gasteiger partial charge in [-0.2, -0.15) is 0 Å². The number of nitrogens with two attached hydrogens (primary N) is 2. The first-order chi connectivity index (χ1) is 8.52. The number of carbonyl (C=O) groups is 1. The van der Waals surface area contributed by atoms with Crippen molar-refractivity contribution in [3.05, 3.63) is 29.8 Å². The molecule has 6 nitrogen and oxygen atoms in total. The van der Waals surface area contributed by atoms with Crippen LogP contribution in [0.25, 0.3) is 0 Å². The highest BCUT2D eigenvalue weighted by molar-refractivity contribution is 5.75. The SMILES string of the molecule is NC(=O)CN(Cc1ccccc1N)CC(O)CO. The molecule has 18 heavy (non-hydrogen) atoms. The van der Waals surface area contributed by atoms with Gasteiger partial charge in [0, 0.05) is 18.8 Å². The average molecular weight is 253 g/mol. The van der Waals surface area contributed by atoms with Crippen LogP contribution in [0.2, 0.25) is 0 Å². The maximum absolute atomic E-state index is 11.0. The first-order valence-corrected chi connectivity index (χ1v) is 5.66. The number of hydrogen-bond acceptors (Lipinski definition) is 5. The Hall–Kier alpha value is -1.63. The number of carbonyl (C=O) groups excluding carboxylic acids is 1. The van der Waals surface area contributed by atoms with Crippen molar-refractivity contribution in [2.75, 3.05) is 25.4 Å². The van der Waals surface area contributed by atoms with E-state index in [1.165, 1.54) is 0 Å². The molecule has 1 amide bonds. The van der Waals surface area contributed by atoms with E-state index in [9.17, 15) is 9.90 Å². The molecule has 0 aromatic heterocycles. The van der Waals surface area contributed by atoms with Crippen molar-refractivity contribution < 1.29 is 15.0 Å². The van der Waals surface area contributed by atoms with Crippen LogP contribution in [0, 0.1) is 0 Å². The Labute approximate surface area is 106 Å². The second-order valence-electron chi connectivity index (χ2n) is 4.17. The minimum Gasteiger partial charge on any atom is -0.398 e. The number of aliphatic hydroxyl groups is 2. The fourth-order valence-electron chi connectivity index (χ4n) is 1.68. The third kappa shape index (κ3) is 4.70. The maximum atomic E-state index is 11.0. The van der Waals surface area contributed by atoms with Gasteiger partial charge in [-0.3, -0.25) is 9.69 Å². The number of aliphatic hydroxyl groups excluding tert-OH is 2. The Balaban J connectivity index is 2.71. The van der Waals surface area contributed by atoms with E-state index in [0.717, 1.165) is 5.56 Å². The van der Waals surface area contributed by atoms with Crippen molar-refractivity contribution in [3.8, 4) is 0 Å². The van der Waals surface area contributed by atoms with Crippen molar-refractivity contribution in [3.63, 3.8) is 0 Å². The van der Waals surface area contributed by atoms with Gasteiger partial charge in [-0.1, -0.05) is 18.2 Å². The maximum Gasteiger partial charge on any atom is 0.231 e. The van der Waals surface area contributed by atoms with Gasteiger partial charge in [-0.25, -0.2) is 0 Å². The summed E-state index contributed by atoms with van der Waals surface area (Å²) < 4.78 is 0. The molecule has 0 aliphatic heterocycles. The fraction of sp³-hybridized carbons (Fsp3) is 0.417. The van der Waals surface area contributed by atoms with Crippen molar-refractivity contribution in [2.45, 2.75) is 12.6 Å². The number of nitrogen functional groups attached to an aromatic ring is 1. The lowest BCUT2D eigenvalue weighted by molar-refractivity contribution is -0.119. The summed E-state index contributed by atoms with van der Waals surface area (Å²) in [5, 5.41) is 18.2. The second kappa shape index (κ2) is 6.95. The van der Waals surface area contributed by atoms with Gasteiger partial charge in [-0.15, -0.1) is 0 Å². The van der Waals surface area contributed by atoms with Crippen LogP contribution in [0.15, 0.2) is 24.3 Å². The molecule has 1 rings (SSSR count). The quantitative estimate of drug-likeness (QED) is 0.461. The largest absolute Gasteiger partial charge is 0.398 e. The topological polar surface area (TPSA) is 113 Å². The summed E-state index contributed by atoms with van der Waals surface area (Å²) in [7, 11) is 0. The number of amides is 1. The van der Waals surface area contributed by atoms with Crippen LogP contribution in [0.5, 0.6) is 0 Å². The summed E-state index contributed by atoms with van der Waals surface area (Å²) in [6.07, 6.45) is -0.908. The Morgan fingerprint density at radius 3 is 2.61 bits per heavy atom. The van der Waals surface area contributed by atoms with Crippen molar-refractivity contribution in [2.24, 2.45) is 5.73 Å². The van der Waals surface area contributed by atoms with Gasteiger partial charge in [0.1, 0.15) is 0 Å². The van der Waals surface area contributed by atoms with Gasteiger partial charge in [-0.05, 0) is 11.6 Å². The smallest absolute Gasteiger partial charge is 0.231 e. The number of nitrogens with zero attached hydrogens (tertiary/aromatic N) is 1. The molecule has 1 aromatic rings. The lowest BCUT2D eigenvalue weighted by Gasteiger charge is -2.23. The molecule has 0 saturated heterocycles. The van der Waals surface area contributed by atoms with Crippen LogP contribution >= 0.6 is 0 Å². The molecule has 0 heterocycles. The number of anilines is 1. The van der Waals surface area contributed by atoms with Crippen LogP contribution in [0.4, 0.5) is 5.69 Å². The van der Waals surface area contributed by atoms with Crippen molar-refractivity contribution >= 4 is 11.6 Å². The number of para-hydroxylation sites is 1. The minimum absolute atomic E-state index is 0.00535. The first kappa shape index (κ1) is 14.4. The summed E-state index contributed by atoms with van der Waals surface area (Å²) in [5.74, 6) is -0.491. The van der Waals surface area contributed by atoms with Gasteiger partial charge >= 0.3 is 0 Å². The zero-order chi connectivity index (χ0) is 13.5. The minimum atomic E-state index is -0.908. The standard InChI is InChI=1S/C12H19N3O3/c13-11-4-2-1-3-9(11)5-15(7-12(14)18)6-10(17)8-16/h1-4,10,16-17H,5-8,13H2,(H2,14,18). The highest BCUT2D eigenvalue weighted by Crippen LogP contribution is 2.13. The first-order valence-electron chi connectivity index (χ1n) is 5.66. The van der Waals surface area contributed by atoms with Gasteiger partial charge in [0.05, 0.1) is 19.3 Å². The van der Waals surface area contributed by atoms with Gasteiger partial charge in [0.2, 0.25) is 5.91 Å². The highest BCUT2D eigenvalue weighted by atomic mass is 16.3. The third-order valence-corrected chi connectivity index (χ3v) is 2.51. The van der Waals surface area contributed by atoms with Crippen LogP contribution in [-0.2, 0) is 11.3 Å². The molecular formula is C12H19N3O3. The van der Waals surface area contributed by atoms with Crippen LogP contribution in [0.3, 0.4) is 0 Å². The van der Waals surface area contributed by atoms with Crippen molar-refractivity contribution in [1.29, 1.82) is 0 Å². The molecule has 1 aromatic carbocycles. The van der Waals surface area contributed by atoms with E-state index in [-0.39, 0.29) is 19.7 Å². The van der Waals surface area contributed by atoms with E-state index < -0.39 is 12.0 Å². The predicted molar refractivity (Wildman–Crippen MR) is 68.4 cm³/mol. The number of hydrogen-bond donors (Lipinski definition) is 4. The molecule has 0 aliphatic rings. The average Bonchev–Trinajstić information content (AvgIpc) is 2.31. The van der Waals surface area contributed by atoms with Gasteiger partial charge in [0.15, 0.2) is 0 Å². The predicted octanol–water partition coefficient (Wildman–Crippen LogP) is -1.09. The van der Waals surface area contributed by atoms with Crippen LogP contribution in [0.1, 0.15) is 5.56 Å². The summed E-state index contributed by atoms with van der Waals surface area (Å²) in [4.78, 5) is 12.6. The molecule has 0 bridgehead atoms. The summed E-state index contributed by atoms with van der Waals surface area (Å²) in [5.41, 5.74) is 12.4. The number of rotatable bonds is 7. The molecule has 1 unspecified atom stereocenters. The monoisotopic (exact) mass is 253 g/mol. The molecule has 0 aliphatic carbocycles. The zero-order valence-corrected chi connectivity index (χ0v) is 10.1. The van der Waals surface area contributed by atoms with E-state index >= 15 is 0 Å². The van der Waals surface area contributed by atoms with E-state index in [2.05, 4.69) is 0 Å². The molecule has 1 atom stereocenters. The molecule has 6 N–H and O–H groups in total. The number of primary amides is 1. The molecule has 0 radical (unpaired) electrons. The Bertz CT molecular complexity index is 398. The molecule has 100 valence electrons. The molecule has 0 saturated carbocycles. The Morgan fingerprint density at radius 2 is 2.06 bits per heavy atom. The van der Waals surface area contributed by atoms with E-state index in [0.29, 0.717) is 12.2 Å². The van der Waals surface area contributed by atoms with E-state index in [4.69, 9.17) is 16.6 Å². The summed E-state index contributed by atoms with van der Waals surface area (Å²) >= 11 is 0. The van der Waals surface area contributed by atoms with Crippen LogP contribution < -0.4 is 11.5 Å². The molecule has 0 fully saturated rings. The molecule has 0 spiro atoms. The molecular weight excluding hydrogens is 234 g/mol. The Kier molecular flexibility index (Phi) is 5.57. The highest BCUT2D eigenvalue weighted by Gasteiger charge is 2.14. The fourth-order valence-corrected chi connectivity index (χ4v) is 1.68. The van der Waals surface area contributed by atoms with Crippen LogP contribution in [-0.4, -0.2) is 46.8 Å². The second-order valence-corrected chi connectivity index (χ2v) is 4.17. The van der Waals surface area contributed by atoms with Crippen molar-refractivity contribution in [1.82, 2.24) is 4.90 Å². The lowest BCUT2D eigenvalue weighted by Crippen LogP contribution is -2.39. The molecule has 6 heteroatoms. The normalized spacial score (nSPS) is 12.6. The summed E-state index contributed by atoms with van der Waals surface area (Å²) in [6.45, 7) is 0.200. The summed E-state index contributed by atoms with van der Waals surface area (Å²) in [6, 6.07) is 7.27. The Morgan fingerprint density at radius 1 is 1.39 bits per heavy atom. The van der Waals surface area contributed by atoms with Gasteiger partial charge in [0.25, 0.3) is 0 Å². The third-order valence-electron chi connectivity index (χ3n) is 2.51. The number of benzene rings is 1. The zero-order valence-electron chi connectivity index (χ0n) is 10.1. The van der Waals surface area contributed by atoms with Gasteiger partial charge < -0.3 is 21.7 Å².